The Hall–Kier alpha value is -2.76. The van der Waals surface area contributed by atoms with Gasteiger partial charge in [0.15, 0.2) is 0 Å². The molecule has 0 aliphatic carbocycles. The molecule has 0 fully saturated rings. The van der Waals surface area contributed by atoms with Crippen LogP contribution in [-0.2, 0) is 37.6 Å². The molecule has 1 aromatic carbocycles. The third-order valence-corrected chi connectivity index (χ3v) is 9.29. The standard InChI is InChI=1S/C21H21ClF3N5O5S3/c22-17-11-14(21(23,24)25)12-27-20(17)26-10-4-7-18(31)29-30-38(34,35)19-9-8-15(36-19)13-28-37(32,33)16-5-2-1-3-6-16/h1-3,5-6,8-9,11-12,28,30H,4,7,10,13H2,(H,26,27)(H,29,31). The molecule has 0 radical (unpaired) electrons. The summed E-state index contributed by atoms with van der Waals surface area (Å²) < 4.78 is 89.7. The number of benzene rings is 1. The number of hydrazine groups is 1. The molecule has 0 aliphatic rings. The van der Waals surface area contributed by atoms with Gasteiger partial charge in [0.2, 0.25) is 15.9 Å². The van der Waals surface area contributed by atoms with Gasteiger partial charge >= 0.3 is 6.18 Å². The number of aromatic nitrogens is 1. The van der Waals surface area contributed by atoms with Crippen LogP contribution in [0.4, 0.5) is 19.0 Å². The fourth-order valence-corrected chi connectivity index (χ4v) is 6.37. The van der Waals surface area contributed by atoms with E-state index < -0.39 is 37.7 Å². The molecule has 0 saturated heterocycles. The number of hydrogen-bond acceptors (Lipinski definition) is 8. The van der Waals surface area contributed by atoms with Crippen molar-refractivity contribution in [2.45, 2.75) is 34.7 Å². The van der Waals surface area contributed by atoms with Gasteiger partial charge in [0.1, 0.15) is 10.0 Å². The molecule has 3 rings (SSSR count). The molecule has 0 bridgehead atoms. The molecule has 3 aromatic rings. The number of nitrogens with zero attached hydrogens (tertiary/aromatic N) is 1. The van der Waals surface area contributed by atoms with Crippen LogP contribution < -0.4 is 20.3 Å². The minimum absolute atomic E-state index is 0.0142. The van der Waals surface area contributed by atoms with E-state index >= 15 is 0 Å². The average molecular weight is 612 g/mol. The molecule has 10 nitrogen and oxygen atoms in total. The molecule has 17 heteroatoms. The fourth-order valence-electron chi connectivity index (χ4n) is 2.86. The van der Waals surface area contributed by atoms with Crippen LogP contribution in [0.15, 0.2) is 63.8 Å². The summed E-state index contributed by atoms with van der Waals surface area (Å²) in [5, 5.41) is 2.47. The maximum Gasteiger partial charge on any atom is 0.417 e. The van der Waals surface area contributed by atoms with Crippen molar-refractivity contribution in [3.05, 3.63) is 70.2 Å². The first-order valence-corrected chi connectivity index (χ1v) is 14.8. The largest absolute Gasteiger partial charge is 0.417 e. The quantitative estimate of drug-likeness (QED) is 0.181. The van der Waals surface area contributed by atoms with Gasteiger partial charge in [0.25, 0.3) is 10.0 Å². The van der Waals surface area contributed by atoms with Gasteiger partial charge in [0, 0.05) is 30.6 Å². The minimum atomic E-state index is -4.58. The Kier molecular flexibility index (Phi) is 9.72. The summed E-state index contributed by atoms with van der Waals surface area (Å²) in [6, 6.07) is 11.1. The molecular weight excluding hydrogens is 591 g/mol. The third kappa shape index (κ3) is 8.37. The van der Waals surface area contributed by atoms with Crippen molar-refractivity contribution >= 4 is 54.7 Å². The molecule has 1 amide bonds. The fraction of sp³-hybridized carbons (Fsp3) is 0.238. The highest BCUT2D eigenvalue weighted by Gasteiger charge is 2.31. The first-order valence-electron chi connectivity index (χ1n) is 10.7. The van der Waals surface area contributed by atoms with E-state index in [1.807, 2.05) is 4.83 Å². The highest BCUT2D eigenvalue weighted by Crippen LogP contribution is 2.32. The lowest BCUT2D eigenvalue weighted by Gasteiger charge is -2.11. The van der Waals surface area contributed by atoms with Crippen LogP contribution in [0.3, 0.4) is 0 Å². The zero-order valence-corrected chi connectivity index (χ0v) is 22.5. The Labute approximate surface area is 225 Å². The zero-order chi connectivity index (χ0) is 28.0. The van der Waals surface area contributed by atoms with Gasteiger partial charge in [-0.25, -0.2) is 26.5 Å². The number of hydrogen-bond donors (Lipinski definition) is 4. The van der Waals surface area contributed by atoms with E-state index in [2.05, 4.69) is 20.4 Å². The van der Waals surface area contributed by atoms with E-state index in [9.17, 15) is 34.8 Å². The number of alkyl halides is 3. The topological polar surface area (TPSA) is 146 Å². The van der Waals surface area contributed by atoms with Crippen LogP contribution in [0.2, 0.25) is 5.02 Å². The van der Waals surface area contributed by atoms with Gasteiger partial charge in [-0.1, -0.05) is 29.8 Å². The smallest absolute Gasteiger partial charge is 0.369 e. The lowest BCUT2D eigenvalue weighted by atomic mass is 10.2. The van der Waals surface area contributed by atoms with Crippen molar-refractivity contribution in [1.29, 1.82) is 0 Å². The van der Waals surface area contributed by atoms with Gasteiger partial charge in [-0.3, -0.25) is 10.2 Å². The Balaban J connectivity index is 1.43. The van der Waals surface area contributed by atoms with E-state index in [1.54, 1.807) is 18.2 Å². The summed E-state index contributed by atoms with van der Waals surface area (Å²) in [5.74, 6) is -0.644. The van der Waals surface area contributed by atoms with Crippen LogP contribution in [0.1, 0.15) is 23.3 Å². The molecule has 4 N–H and O–H groups in total. The van der Waals surface area contributed by atoms with Crippen molar-refractivity contribution in [3.8, 4) is 0 Å². The number of rotatable bonds is 12. The van der Waals surface area contributed by atoms with Gasteiger partial charge < -0.3 is 5.32 Å². The lowest BCUT2D eigenvalue weighted by Crippen LogP contribution is -2.41. The Morgan fingerprint density at radius 3 is 2.39 bits per heavy atom. The number of sulfonamides is 2. The number of carbonyl (C=O) groups is 1. The normalized spacial score (nSPS) is 12.3. The van der Waals surface area contributed by atoms with E-state index in [0.29, 0.717) is 11.1 Å². The second kappa shape index (κ2) is 12.4. The summed E-state index contributed by atoms with van der Waals surface area (Å²) in [4.78, 5) is 18.1. The van der Waals surface area contributed by atoms with Gasteiger partial charge in [-0.2, -0.15) is 13.2 Å². The maximum absolute atomic E-state index is 12.7. The molecule has 2 aromatic heterocycles. The Morgan fingerprint density at radius 2 is 1.74 bits per heavy atom. The van der Waals surface area contributed by atoms with Gasteiger partial charge in [-0.05, 0) is 36.8 Å². The van der Waals surface area contributed by atoms with E-state index in [4.69, 9.17) is 11.6 Å². The first-order chi connectivity index (χ1) is 17.8. The zero-order valence-electron chi connectivity index (χ0n) is 19.2. The van der Waals surface area contributed by atoms with Gasteiger partial charge in [0.05, 0.1) is 15.5 Å². The second-order valence-corrected chi connectivity index (χ2v) is 12.8. The van der Waals surface area contributed by atoms with Crippen LogP contribution in [-0.4, -0.2) is 34.3 Å². The summed E-state index contributed by atoms with van der Waals surface area (Å²) in [5.41, 5.74) is 1.07. The molecular formula is C21H21ClF3N5O5S3. The number of halogens is 4. The first kappa shape index (κ1) is 29.8. The monoisotopic (exact) mass is 611 g/mol. The molecule has 0 unspecified atom stereocenters. The maximum atomic E-state index is 12.7. The highest BCUT2D eigenvalue weighted by atomic mass is 35.5. The SMILES string of the molecule is O=C(CCCNc1ncc(C(F)(F)F)cc1Cl)NNS(=O)(=O)c1ccc(CNS(=O)(=O)c2ccccc2)s1. The number of amides is 1. The Morgan fingerprint density at radius 1 is 1.03 bits per heavy atom. The predicted octanol–water partition coefficient (Wildman–Crippen LogP) is 3.50. The van der Waals surface area contributed by atoms with Crippen molar-refractivity contribution in [2.75, 3.05) is 11.9 Å². The van der Waals surface area contributed by atoms with Crippen LogP contribution in [0.5, 0.6) is 0 Å². The van der Waals surface area contributed by atoms with Gasteiger partial charge in [-0.15, -0.1) is 16.2 Å². The molecule has 2 heterocycles. The molecule has 0 aliphatic heterocycles. The molecule has 0 spiro atoms. The lowest BCUT2D eigenvalue weighted by molar-refractivity contribution is -0.137. The van der Waals surface area contributed by atoms with E-state index in [0.717, 1.165) is 17.4 Å². The Bertz CT molecular complexity index is 1480. The van der Waals surface area contributed by atoms with Crippen molar-refractivity contribution in [2.24, 2.45) is 0 Å². The molecule has 38 heavy (non-hydrogen) atoms. The number of thiophene rings is 1. The second-order valence-electron chi connectivity index (χ2n) is 7.59. The van der Waals surface area contributed by atoms with Crippen molar-refractivity contribution < 1.29 is 34.8 Å². The van der Waals surface area contributed by atoms with E-state index in [-0.39, 0.29) is 45.9 Å². The van der Waals surface area contributed by atoms with Crippen LogP contribution in [0, 0.1) is 0 Å². The van der Waals surface area contributed by atoms with Crippen LogP contribution >= 0.6 is 22.9 Å². The van der Waals surface area contributed by atoms with E-state index in [1.165, 1.54) is 24.3 Å². The summed E-state index contributed by atoms with van der Waals surface area (Å²) >= 11 is 6.61. The molecule has 206 valence electrons. The number of nitrogens with one attached hydrogen (secondary N) is 4. The van der Waals surface area contributed by atoms with Crippen molar-refractivity contribution in [3.63, 3.8) is 0 Å². The summed E-state index contributed by atoms with van der Waals surface area (Å²) in [7, 11) is -7.88. The number of anilines is 1. The highest BCUT2D eigenvalue weighted by molar-refractivity contribution is 7.91. The summed E-state index contributed by atoms with van der Waals surface area (Å²) in [6.07, 6.45) is -3.88. The van der Waals surface area contributed by atoms with Crippen molar-refractivity contribution in [1.82, 2.24) is 20.0 Å². The number of pyridine rings is 1. The van der Waals surface area contributed by atoms with Crippen LogP contribution in [0.25, 0.3) is 0 Å². The predicted molar refractivity (Wildman–Crippen MR) is 135 cm³/mol. The number of carbonyl (C=O) groups excluding carboxylic acids is 1. The summed E-state index contributed by atoms with van der Waals surface area (Å²) in [6.45, 7) is 0.00000755. The minimum Gasteiger partial charge on any atom is -0.369 e. The molecule has 0 atom stereocenters. The average Bonchev–Trinajstić information content (AvgIpc) is 3.35. The third-order valence-electron chi connectivity index (χ3n) is 4.76. The molecule has 0 saturated carbocycles.